The number of nitrogens with zero attached hydrogens (tertiary/aromatic N) is 3. The Labute approximate surface area is 231 Å². The molecule has 0 aliphatic rings. The summed E-state index contributed by atoms with van der Waals surface area (Å²) in [5.74, 6) is 0.820. The van der Waals surface area contributed by atoms with Crippen LogP contribution in [0.25, 0.3) is 73.1 Å². The molecule has 0 saturated heterocycles. The minimum Gasteiger partial charge on any atom is -0.334 e. The molecule has 0 radical (unpaired) electrons. The second kappa shape index (κ2) is 7.85. The number of thiophene rings is 2. The summed E-state index contributed by atoms with van der Waals surface area (Å²) in [5, 5.41) is 10.4. The monoisotopic (exact) mass is 535 g/mol. The first-order valence-electron chi connectivity index (χ1n) is 13.1. The van der Waals surface area contributed by atoms with Crippen LogP contribution >= 0.6 is 22.7 Å². The largest absolute Gasteiger partial charge is 0.334 e. The highest BCUT2D eigenvalue weighted by atomic mass is 32.1. The van der Waals surface area contributed by atoms with Gasteiger partial charge in [0.05, 0.1) is 17.8 Å². The number of aryl methyl sites for hydroxylation is 1. The van der Waals surface area contributed by atoms with Gasteiger partial charge < -0.3 is 4.57 Å². The maximum absolute atomic E-state index is 5.07. The van der Waals surface area contributed by atoms with Gasteiger partial charge in [0.15, 0.2) is 0 Å². The summed E-state index contributed by atoms with van der Waals surface area (Å²) >= 11 is 3.66. The van der Waals surface area contributed by atoms with Crippen LogP contribution in [0.5, 0.6) is 0 Å². The van der Waals surface area contributed by atoms with Gasteiger partial charge in [0.25, 0.3) is 0 Å². The predicted molar refractivity (Wildman–Crippen MR) is 169 cm³/mol. The summed E-state index contributed by atoms with van der Waals surface area (Å²) in [6.45, 7) is 2.69. The van der Waals surface area contributed by atoms with Gasteiger partial charge in [-0.3, -0.25) is 0 Å². The first-order chi connectivity index (χ1) is 19.3. The maximum atomic E-state index is 5.07. The van der Waals surface area contributed by atoms with Gasteiger partial charge in [-0.15, -0.1) is 22.7 Å². The lowest BCUT2D eigenvalue weighted by molar-refractivity contribution is 0.834. The van der Waals surface area contributed by atoms with Crippen LogP contribution in [0, 0.1) is 6.92 Å². The molecule has 4 aromatic heterocycles. The quantitative estimate of drug-likeness (QED) is 0.220. The first kappa shape index (κ1) is 21.6. The Hall–Kier alpha value is -4.32. The van der Waals surface area contributed by atoms with Crippen molar-refractivity contribution in [2.75, 3.05) is 0 Å². The van der Waals surface area contributed by atoms with Crippen molar-refractivity contribution in [1.82, 2.24) is 14.5 Å². The van der Waals surface area contributed by atoms with E-state index in [4.69, 9.17) is 9.97 Å². The van der Waals surface area contributed by atoms with Crippen molar-refractivity contribution >= 4 is 95.7 Å². The number of para-hydroxylation sites is 1. The van der Waals surface area contributed by atoms with Crippen LogP contribution in [0.3, 0.4) is 0 Å². The summed E-state index contributed by atoms with van der Waals surface area (Å²) < 4.78 is 6.46. The van der Waals surface area contributed by atoms with Crippen molar-refractivity contribution in [3.05, 3.63) is 109 Å². The van der Waals surface area contributed by atoms with Crippen molar-refractivity contribution < 1.29 is 0 Å². The third-order valence-electron chi connectivity index (χ3n) is 7.98. The second-order valence-electron chi connectivity index (χ2n) is 10.2. The van der Waals surface area contributed by atoms with Crippen LogP contribution in [0.1, 0.15) is 11.5 Å². The fourth-order valence-corrected chi connectivity index (χ4v) is 8.84. The van der Waals surface area contributed by atoms with Crippen molar-refractivity contribution in [3.8, 4) is 0 Å². The van der Waals surface area contributed by atoms with E-state index in [1.54, 1.807) is 11.3 Å². The van der Waals surface area contributed by atoms with Crippen LogP contribution in [-0.4, -0.2) is 14.5 Å². The van der Waals surface area contributed by atoms with Crippen LogP contribution in [0.15, 0.2) is 97.1 Å². The number of fused-ring (bicyclic) bond motifs is 13. The van der Waals surface area contributed by atoms with Crippen LogP contribution in [-0.2, 0) is 6.54 Å². The van der Waals surface area contributed by atoms with E-state index in [-0.39, 0.29) is 0 Å². The molecule has 5 heteroatoms. The molecular formula is C34H21N3S2. The smallest absolute Gasteiger partial charge is 0.128 e. The lowest BCUT2D eigenvalue weighted by Gasteiger charge is -2.12. The van der Waals surface area contributed by atoms with Crippen molar-refractivity contribution in [3.63, 3.8) is 0 Å². The van der Waals surface area contributed by atoms with Gasteiger partial charge in [-0.2, -0.15) is 0 Å². The molecule has 0 bridgehead atoms. The molecular weight excluding hydrogens is 515 g/mol. The molecule has 0 unspecified atom stereocenters. The summed E-state index contributed by atoms with van der Waals surface area (Å²) in [6.07, 6.45) is 0. The minimum atomic E-state index is 0.683. The van der Waals surface area contributed by atoms with E-state index in [1.165, 1.54) is 68.2 Å². The van der Waals surface area contributed by atoms with Crippen LogP contribution in [0.4, 0.5) is 0 Å². The fourth-order valence-electron chi connectivity index (χ4n) is 6.45. The van der Waals surface area contributed by atoms with Crippen molar-refractivity contribution in [2.45, 2.75) is 13.5 Å². The standard InChI is InChI=1S/C34H21N3S2/c1-19-35-25(29-23-13-5-9-17-28(23)39-34(29)36-19)18-37-26-15-7-4-12-22(26)30-31-24-14-6-8-16-27(24)38-33(31)21-11-3-2-10-20(21)32(30)37/h2-17H,18H2,1H3. The third kappa shape index (κ3) is 2.92. The average molecular weight is 536 g/mol. The molecule has 0 saturated carbocycles. The van der Waals surface area contributed by atoms with Gasteiger partial charge in [-0.1, -0.05) is 78.9 Å². The molecule has 0 atom stereocenters. The Morgan fingerprint density at radius 3 is 2.00 bits per heavy atom. The Morgan fingerprint density at radius 1 is 0.590 bits per heavy atom. The second-order valence-corrected chi connectivity index (χ2v) is 12.3. The van der Waals surface area contributed by atoms with Gasteiger partial charge in [-0.25, -0.2) is 9.97 Å². The summed E-state index contributed by atoms with van der Waals surface area (Å²) in [4.78, 5) is 11.0. The Morgan fingerprint density at radius 2 is 1.21 bits per heavy atom. The molecule has 0 aliphatic carbocycles. The van der Waals surface area contributed by atoms with E-state index in [0.29, 0.717) is 6.54 Å². The molecule has 0 fully saturated rings. The summed E-state index contributed by atoms with van der Waals surface area (Å²) in [6, 6.07) is 35.2. The zero-order valence-corrected chi connectivity index (χ0v) is 22.7. The van der Waals surface area contributed by atoms with E-state index in [9.17, 15) is 0 Å². The summed E-state index contributed by atoms with van der Waals surface area (Å²) in [5.41, 5.74) is 3.60. The molecule has 5 aromatic carbocycles. The first-order valence-corrected chi connectivity index (χ1v) is 14.8. The SMILES string of the molecule is Cc1nc(Cn2c3ccccc3c3c4c5ccccc5sc4c4ccccc4c32)c2c(n1)sc1ccccc12. The van der Waals surface area contributed by atoms with Gasteiger partial charge in [0.2, 0.25) is 0 Å². The lowest BCUT2D eigenvalue weighted by Crippen LogP contribution is -2.04. The van der Waals surface area contributed by atoms with Crippen LogP contribution < -0.4 is 0 Å². The molecule has 4 heterocycles. The number of hydrogen-bond acceptors (Lipinski definition) is 4. The Kier molecular flexibility index (Phi) is 4.35. The fraction of sp³-hybridized carbons (Fsp3) is 0.0588. The predicted octanol–water partition coefficient (Wildman–Crippen LogP) is 9.83. The average Bonchev–Trinajstić information content (AvgIpc) is 3.63. The van der Waals surface area contributed by atoms with E-state index in [2.05, 4.69) is 102 Å². The molecule has 3 nitrogen and oxygen atoms in total. The molecule has 0 aliphatic heterocycles. The van der Waals surface area contributed by atoms with Gasteiger partial charge in [-0.05, 0) is 25.1 Å². The Bertz CT molecular complexity index is 2440. The molecule has 0 spiro atoms. The number of aromatic nitrogens is 3. The third-order valence-corrected chi connectivity index (χ3v) is 10.2. The van der Waals surface area contributed by atoms with E-state index in [1.807, 2.05) is 18.3 Å². The van der Waals surface area contributed by atoms with Gasteiger partial charge in [0.1, 0.15) is 10.7 Å². The highest BCUT2D eigenvalue weighted by molar-refractivity contribution is 7.27. The van der Waals surface area contributed by atoms with Gasteiger partial charge in [0, 0.05) is 62.7 Å². The summed E-state index contributed by atoms with van der Waals surface area (Å²) in [7, 11) is 0. The molecule has 9 aromatic rings. The molecule has 9 rings (SSSR count). The lowest BCUT2D eigenvalue weighted by atomic mass is 10.00. The van der Waals surface area contributed by atoms with E-state index < -0.39 is 0 Å². The minimum absolute atomic E-state index is 0.683. The molecule has 184 valence electrons. The number of hydrogen-bond donors (Lipinski definition) is 0. The topological polar surface area (TPSA) is 30.7 Å². The number of benzene rings is 5. The molecule has 0 N–H and O–H groups in total. The Balaban J connectivity index is 1.48. The van der Waals surface area contributed by atoms with Crippen molar-refractivity contribution in [2.24, 2.45) is 0 Å². The van der Waals surface area contributed by atoms with E-state index >= 15 is 0 Å². The van der Waals surface area contributed by atoms with E-state index in [0.717, 1.165) is 16.3 Å². The highest BCUT2D eigenvalue weighted by Gasteiger charge is 2.22. The highest BCUT2D eigenvalue weighted by Crippen LogP contribution is 2.47. The van der Waals surface area contributed by atoms with Crippen molar-refractivity contribution in [1.29, 1.82) is 0 Å². The number of rotatable bonds is 2. The zero-order valence-electron chi connectivity index (χ0n) is 21.1. The maximum Gasteiger partial charge on any atom is 0.128 e. The molecule has 39 heavy (non-hydrogen) atoms. The zero-order chi connectivity index (χ0) is 25.7. The normalized spacial score (nSPS) is 12.3. The van der Waals surface area contributed by atoms with Gasteiger partial charge >= 0.3 is 0 Å². The van der Waals surface area contributed by atoms with Crippen LogP contribution in [0.2, 0.25) is 0 Å². The molecule has 0 amide bonds.